The predicted octanol–water partition coefficient (Wildman–Crippen LogP) is 4.56. The van der Waals surface area contributed by atoms with Crippen LogP contribution in [0.1, 0.15) is 0 Å². The van der Waals surface area contributed by atoms with Gasteiger partial charge in [0.2, 0.25) is 0 Å². The van der Waals surface area contributed by atoms with Gasteiger partial charge in [-0.2, -0.15) is 0 Å². The van der Waals surface area contributed by atoms with E-state index >= 15 is 0 Å². The van der Waals surface area contributed by atoms with E-state index in [1.54, 1.807) is 0 Å². The van der Waals surface area contributed by atoms with E-state index in [-0.39, 0.29) is 0 Å². The summed E-state index contributed by atoms with van der Waals surface area (Å²) in [5, 5.41) is 3.10. The first-order valence-corrected chi connectivity index (χ1v) is 5.81. The minimum Gasteiger partial charge on any atom is -0.264 e. The molecule has 0 N–H and O–H groups in total. The molecule has 0 aliphatic rings. The lowest BCUT2D eigenvalue weighted by atomic mass is 10.00. The minimum atomic E-state index is 0.758. The zero-order chi connectivity index (χ0) is 11.7. The Morgan fingerprint density at radius 3 is 2.71 bits per heavy atom. The first kappa shape index (κ1) is 10.3. The molecule has 3 aromatic rings. The van der Waals surface area contributed by atoms with Crippen molar-refractivity contribution in [2.75, 3.05) is 0 Å². The highest BCUT2D eigenvalue weighted by Gasteiger charge is 2.03. The molecule has 0 amide bonds. The van der Waals surface area contributed by atoms with Crippen molar-refractivity contribution in [3.63, 3.8) is 0 Å². The molecule has 0 saturated heterocycles. The molecule has 0 aliphatic heterocycles. The lowest BCUT2D eigenvalue weighted by molar-refractivity contribution is 1.36. The average Bonchev–Trinajstić information content (AvgIpc) is 2.38. The summed E-state index contributed by atoms with van der Waals surface area (Å²) in [4.78, 5) is 4.14. The molecule has 82 valence electrons. The maximum absolute atomic E-state index is 6.03. The summed E-state index contributed by atoms with van der Waals surface area (Å²) < 4.78 is 0. The van der Waals surface area contributed by atoms with Crippen LogP contribution in [0.2, 0.25) is 5.02 Å². The molecule has 2 aromatic carbocycles. The van der Waals surface area contributed by atoms with Crippen molar-refractivity contribution in [1.29, 1.82) is 0 Å². The lowest BCUT2D eigenvalue weighted by Crippen LogP contribution is -1.82. The van der Waals surface area contributed by atoms with Crippen LogP contribution >= 0.6 is 11.6 Å². The van der Waals surface area contributed by atoms with Crippen LogP contribution < -0.4 is 0 Å². The summed E-state index contributed by atoms with van der Waals surface area (Å²) in [7, 11) is 0. The highest BCUT2D eigenvalue weighted by atomic mass is 35.5. The van der Waals surface area contributed by atoms with Gasteiger partial charge in [-0.15, -0.1) is 0 Å². The molecule has 0 radical (unpaired) electrons. The number of hydrogen-bond donors (Lipinski definition) is 0. The SMILES string of the molecule is Clc1cccc(-c2cccc3cnccc23)c1. The third kappa shape index (κ3) is 1.90. The number of fused-ring (bicyclic) bond motifs is 1. The Morgan fingerprint density at radius 2 is 1.82 bits per heavy atom. The van der Waals surface area contributed by atoms with Gasteiger partial charge in [-0.25, -0.2) is 0 Å². The number of benzene rings is 2. The fourth-order valence-electron chi connectivity index (χ4n) is 2.03. The van der Waals surface area contributed by atoms with E-state index in [0.29, 0.717) is 0 Å². The van der Waals surface area contributed by atoms with Gasteiger partial charge in [-0.1, -0.05) is 41.9 Å². The molecule has 0 spiro atoms. The first-order valence-electron chi connectivity index (χ1n) is 5.43. The van der Waals surface area contributed by atoms with Crippen LogP contribution in [0.25, 0.3) is 21.9 Å². The largest absolute Gasteiger partial charge is 0.264 e. The highest BCUT2D eigenvalue weighted by molar-refractivity contribution is 6.30. The zero-order valence-electron chi connectivity index (χ0n) is 9.10. The summed E-state index contributed by atoms with van der Waals surface area (Å²) >= 11 is 6.03. The van der Waals surface area contributed by atoms with Gasteiger partial charge < -0.3 is 0 Å². The number of pyridine rings is 1. The van der Waals surface area contributed by atoms with Gasteiger partial charge >= 0.3 is 0 Å². The second-order valence-corrected chi connectivity index (χ2v) is 4.35. The molecular weight excluding hydrogens is 230 g/mol. The van der Waals surface area contributed by atoms with E-state index in [9.17, 15) is 0 Å². The van der Waals surface area contributed by atoms with Crippen LogP contribution in [-0.4, -0.2) is 4.98 Å². The molecule has 0 bridgehead atoms. The van der Waals surface area contributed by atoms with Gasteiger partial charge in [0, 0.05) is 22.8 Å². The Balaban J connectivity index is 2.30. The van der Waals surface area contributed by atoms with E-state index in [1.165, 1.54) is 10.9 Å². The number of aromatic nitrogens is 1. The Bertz CT molecular complexity index is 671. The van der Waals surface area contributed by atoms with Gasteiger partial charge in [-0.05, 0) is 34.7 Å². The molecule has 1 aromatic heterocycles. The average molecular weight is 240 g/mol. The molecular formula is C15H10ClN. The number of hydrogen-bond acceptors (Lipinski definition) is 1. The minimum absolute atomic E-state index is 0.758. The summed E-state index contributed by atoms with van der Waals surface area (Å²) in [6.07, 6.45) is 3.69. The Kier molecular flexibility index (Phi) is 2.54. The molecule has 0 saturated carbocycles. The van der Waals surface area contributed by atoms with Crippen molar-refractivity contribution >= 4 is 22.4 Å². The van der Waals surface area contributed by atoms with Crippen molar-refractivity contribution < 1.29 is 0 Å². The standard InChI is InChI=1S/C15H10ClN/c16-13-5-1-3-11(9-13)14-6-2-4-12-10-17-8-7-15(12)14/h1-10H. The molecule has 0 fully saturated rings. The monoisotopic (exact) mass is 239 g/mol. The second kappa shape index (κ2) is 4.19. The van der Waals surface area contributed by atoms with Gasteiger partial charge in [0.15, 0.2) is 0 Å². The highest BCUT2D eigenvalue weighted by Crippen LogP contribution is 2.29. The van der Waals surface area contributed by atoms with Crippen molar-refractivity contribution in [2.24, 2.45) is 0 Å². The van der Waals surface area contributed by atoms with Gasteiger partial charge in [0.05, 0.1) is 0 Å². The van der Waals surface area contributed by atoms with Crippen LogP contribution in [0, 0.1) is 0 Å². The molecule has 3 rings (SSSR count). The van der Waals surface area contributed by atoms with Crippen molar-refractivity contribution in [2.45, 2.75) is 0 Å². The molecule has 0 unspecified atom stereocenters. The van der Waals surface area contributed by atoms with Gasteiger partial charge in [0.1, 0.15) is 0 Å². The van der Waals surface area contributed by atoms with Crippen LogP contribution in [-0.2, 0) is 0 Å². The summed E-state index contributed by atoms with van der Waals surface area (Å²) in [5.74, 6) is 0. The molecule has 17 heavy (non-hydrogen) atoms. The van der Waals surface area contributed by atoms with Crippen LogP contribution in [0.4, 0.5) is 0 Å². The second-order valence-electron chi connectivity index (χ2n) is 3.91. The Labute approximate surface area is 105 Å². The topological polar surface area (TPSA) is 12.9 Å². The van der Waals surface area contributed by atoms with E-state index in [4.69, 9.17) is 11.6 Å². The maximum Gasteiger partial charge on any atom is 0.0412 e. The smallest absolute Gasteiger partial charge is 0.0412 e. The molecule has 1 nitrogen and oxygen atoms in total. The van der Waals surface area contributed by atoms with Crippen LogP contribution in [0.3, 0.4) is 0 Å². The first-order chi connectivity index (χ1) is 8.34. The molecule has 0 atom stereocenters. The van der Waals surface area contributed by atoms with Gasteiger partial charge in [-0.3, -0.25) is 4.98 Å². The third-order valence-corrected chi connectivity index (χ3v) is 3.05. The fourth-order valence-corrected chi connectivity index (χ4v) is 2.22. The van der Waals surface area contributed by atoms with E-state index in [2.05, 4.69) is 23.2 Å². The number of halogens is 1. The van der Waals surface area contributed by atoms with Crippen molar-refractivity contribution in [3.05, 3.63) is 65.9 Å². The van der Waals surface area contributed by atoms with Crippen molar-refractivity contribution in [3.8, 4) is 11.1 Å². The lowest BCUT2D eigenvalue weighted by Gasteiger charge is -2.06. The molecule has 0 aliphatic carbocycles. The Morgan fingerprint density at radius 1 is 0.941 bits per heavy atom. The van der Waals surface area contributed by atoms with E-state index in [1.807, 2.05) is 42.7 Å². The molecule has 1 heterocycles. The normalized spacial score (nSPS) is 10.6. The van der Waals surface area contributed by atoms with Gasteiger partial charge in [0.25, 0.3) is 0 Å². The van der Waals surface area contributed by atoms with Crippen LogP contribution in [0.15, 0.2) is 60.9 Å². The summed E-state index contributed by atoms with van der Waals surface area (Å²) in [6.45, 7) is 0. The molecule has 2 heteroatoms. The summed E-state index contributed by atoms with van der Waals surface area (Å²) in [5.41, 5.74) is 2.32. The number of nitrogens with zero attached hydrogens (tertiary/aromatic N) is 1. The Hall–Kier alpha value is -1.86. The number of rotatable bonds is 1. The quantitative estimate of drug-likeness (QED) is 0.607. The maximum atomic E-state index is 6.03. The van der Waals surface area contributed by atoms with E-state index in [0.717, 1.165) is 16.0 Å². The van der Waals surface area contributed by atoms with E-state index < -0.39 is 0 Å². The zero-order valence-corrected chi connectivity index (χ0v) is 9.85. The van der Waals surface area contributed by atoms with Crippen molar-refractivity contribution in [1.82, 2.24) is 4.98 Å². The fraction of sp³-hybridized carbons (Fsp3) is 0. The third-order valence-electron chi connectivity index (χ3n) is 2.82. The summed E-state index contributed by atoms with van der Waals surface area (Å²) in [6, 6.07) is 16.2. The predicted molar refractivity (Wildman–Crippen MR) is 72.2 cm³/mol. The van der Waals surface area contributed by atoms with Crippen LogP contribution in [0.5, 0.6) is 0 Å².